The summed E-state index contributed by atoms with van der Waals surface area (Å²) in [6.07, 6.45) is 0.841. The van der Waals surface area contributed by atoms with Gasteiger partial charge in [-0.05, 0) is 0 Å². The molecule has 5 heteroatoms. The van der Waals surface area contributed by atoms with Crippen LogP contribution in [-0.4, -0.2) is 37.6 Å². The van der Waals surface area contributed by atoms with E-state index in [1.807, 2.05) is 30.3 Å². The van der Waals surface area contributed by atoms with Gasteiger partial charge in [0, 0.05) is 18.7 Å². The zero-order valence-corrected chi connectivity index (χ0v) is 11.2. The molecule has 0 N–H and O–H groups in total. The van der Waals surface area contributed by atoms with Gasteiger partial charge in [-0.25, -0.2) is 4.98 Å². The standard InChI is InChI=1S/C14H14N2O2S/c17-10-12-14(16-6-8-18-9-7-16)19-13(15-12)11-4-2-1-3-5-11/h1-5,10H,6-9H2. The van der Waals surface area contributed by atoms with Crippen LogP contribution in [0, 0.1) is 0 Å². The van der Waals surface area contributed by atoms with Crippen molar-refractivity contribution in [2.45, 2.75) is 0 Å². The Morgan fingerprint density at radius 1 is 1.21 bits per heavy atom. The molecule has 0 saturated carbocycles. The van der Waals surface area contributed by atoms with E-state index < -0.39 is 0 Å². The predicted molar refractivity (Wildman–Crippen MR) is 76.0 cm³/mol. The first kappa shape index (κ1) is 12.3. The monoisotopic (exact) mass is 274 g/mol. The van der Waals surface area contributed by atoms with E-state index in [2.05, 4.69) is 9.88 Å². The van der Waals surface area contributed by atoms with Crippen LogP contribution in [0.3, 0.4) is 0 Å². The van der Waals surface area contributed by atoms with E-state index in [4.69, 9.17) is 4.74 Å². The number of thiazole rings is 1. The molecule has 0 atom stereocenters. The second kappa shape index (κ2) is 5.50. The molecule has 1 saturated heterocycles. The van der Waals surface area contributed by atoms with Crippen LogP contribution in [0.15, 0.2) is 30.3 Å². The van der Waals surface area contributed by atoms with Crippen LogP contribution in [0.25, 0.3) is 10.6 Å². The highest BCUT2D eigenvalue weighted by Gasteiger charge is 2.19. The number of hydrogen-bond acceptors (Lipinski definition) is 5. The summed E-state index contributed by atoms with van der Waals surface area (Å²) >= 11 is 1.57. The molecule has 0 spiro atoms. The van der Waals surface area contributed by atoms with E-state index in [0.717, 1.165) is 34.9 Å². The molecule has 1 aliphatic rings. The molecule has 0 amide bonds. The van der Waals surface area contributed by atoms with Crippen LogP contribution >= 0.6 is 11.3 Å². The van der Waals surface area contributed by atoms with Crippen LogP contribution in [0.5, 0.6) is 0 Å². The van der Waals surface area contributed by atoms with Crippen molar-refractivity contribution in [2.75, 3.05) is 31.2 Å². The van der Waals surface area contributed by atoms with Crippen molar-refractivity contribution >= 4 is 22.6 Å². The summed E-state index contributed by atoms with van der Waals surface area (Å²) in [5, 5.41) is 1.85. The number of nitrogens with zero attached hydrogens (tertiary/aromatic N) is 2. The second-order valence-corrected chi connectivity index (χ2v) is 5.27. The molecule has 1 aromatic carbocycles. The Bertz CT molecular complexity index is 562. The average molecular weight is 274 g/mol. The number of benzene rings is 1. The van der Waals surface area contributed by atoms with Gasteiger partial charge in [-0.2, -0.15) is 0 Å². The maximum Gasteiger partial charge on any atom is 0.171 e. The fraction of sp³-hybridized carbons (Fsp3) is 0.286. The molecule has 4 nitrogen and oxygen atoms in total. The van der Waals surface area contributed by atoms with Gasteiger partial charge in [-0.15, -0.1) is 0 Å². The third-order valence-electron chi connectivity index (χ3n) is 3.07. The van der Waals surface area contributed by atoms with Crippen LogP contribution < -0.4 is 4.90 Å². The summed E-state index contributed by atoms with van der Waals surface area (Å²) in [7, 11) is 0. The molecule has 0 bridgehead atoms. The molecule has 2 aromatic rings. The molecule has 1 aromatic heterocycles. The lowest BCUT2D eigenvalue weighted by Gasteiger charge is -2.27. The molecule has 19 heavy (non-hydrogen) atoms. The maximum atomic E-state index is 11.2. The molecular formula is C14H14N2O2S. The van der Waals surface area contributed by atoms with Gasteiger partial charge in [0.25, 0.3) is 0 Å². The Kier molecular flexibility index (Phi) is 3.57. The van der Waals surface area contributed by atoms with Crippen molar-refractivity contribution in [2.24, 2.45) is 0 Å². The minimum Gasteiger partial charge on any atom is -0.378 e. The quantitative estimate of drug-likeness (QED) is 0.806. The summed E-state index contributed by atoms with van der Waals surface area (Å²) < 4.78 is 5.34. The first-order valence-electron chi connectivity index (χ1n) is 6.22. The number of ether oxygens (including phenoxy) is 1. The third kappa shape index (κ3) is 2.52. The van der Waals surface area contributed by atoms with Gasteiger partial charge >= 0.3 is 0 Å². The van der Waals surface area contributed by atoms with Crippen LogP contribution in [0.2, 0.25) is 0 Å². The number of anilines is 1. The molecule has 2 heterocycles. The molecular weight excluding hydrogens is 260 g/mol. The van der Waals surface area contributed by atoms with E-state index in [1.165, 1.54) is 0 Å². The maximum absolute atomic E-state index is 11.2. The number of rotatable bonds is 3. The zero-order valence-electron chi connectivity index (χ0n) is 10.4. The zero-order chi connectivity index (χ0) is 13.1. The first-order chi connectivity index (χ1) is 9.38. The summed E-state index contributed by atoms with van der Waals surface area (Å²) in [4.78, 5) is 17.8. The highest BCUT2D eigenvalue weighted by molar-refractivity contribution is 7.19. The SMILES string of the molecule is O=Cc1nc(-c2ccccc2)sc1N1CCOCC1. The summed E-state index contributed by atoms with van der Waals surface area (Å²) in [5.74, 6) is 0. The minimum atomic E-state index is 0.533. The number of aldehydes is 1. The Hall–Kier alpha value is -1.72. The fourth-order valence-electron chi connectivity index (χ4n) is 2.10. The first-order valence-corrected chi connectivity index (χ1v) is 7.04. The van der Waals surface area contributed by atoms with Gasteiger partial charge in [-0.3, -0.25) is 4.79 Å². The Balaban J connectivity index is 1.96. The second-order valence-electron chi connectivity index (χ2n) is 4.29. The largest absolute Gasteiger partial charge is 0.378 e. The average Bonchev–Trinajstić information content (AvgIpc) is 2.93. The molecule has 1 aliphatic heterocycles. The lowest BCUT2D eigenvalue weighted by molar-refractivity contribution is 0.111. The molecule has 0 radical (unpaired) electrons. The fourth-order valence-corrected chi connectivity index (χ4v) is 3.19. The van der Waals surface area contributed by atoms with Crippen molar-refractivity contribution in [3.05, 3.63) is 36.0 Å². The number of hydrogen-bond donors (Lipinski definition) is 0. The Morgan fingerprint density at radius 2 is 1.95 bits per heavy atom. The summed E-state index contributed by atoms with van der Waals surface area (Å²) in [6, 6.07) is 9.95. The molecule has 1 fully saturated rings. The van der Waals surface area contributed by atoms with Gasteiger partial charge in [0.05, 0.1) is 13.2 Å². The van der Waals surface area contributed by atoms with Crippen molar-refractivity contribution in [1.82, 2.24) is 4.98 Å². The van der Waals surface area contributed by atoms with Crippen molar-refractivity contribution in [1.29, 1.82) is 0 Å². The molecule has 3 rings (SSSR count). The number of carbonyl (C=O) groups excluding carboxylic acids is 1. The lowest BCUT2D eigenvalue weighted by Crippen LogP contribution is -2.36. The predicted octanol–water partition coefficient (Wildman–Crippen LogP) is 2.46. The highest BCUT2D eigenvalue weighted by atomic mass is 32.1. The molecule has 0 unspecified atom stereocenters. The van der Waals surface area contributed by atoms with Crippen LogP contribution in [0.4, 0.5) is 5.00 Å². The number of carbonyl (C=O) groups is 1. The normalized spacial score (nSPS) is 15.5. The smallest absolute Gasteiger partial charge is 0.171 e. The lowest BCUT2D eigenvalue weighted by atomic mass is 10.2. The van der Waals surface area contributed by atoms with Crippen molar-refractivity contribution in [3.8, 4) is 10.6 Å². The van der Waals surface area contributed by atoms with E-state index in [9.17, 15) is 4.79 Å². The highest BCUT2D eigenvalue weighted by Crippen LogP contribution is 2.34. The van der Waals surface area contributed by atoms with Crippen molar-refractivity contribution in [3.63, 3.8) is 0 Å². The summed E-state index contributed by atoms with van der Waals surface area (Å²) in [6.45, 7) is 3.04. The number of aromatic nitrogens is 1. The van der Waals surface area contributed by atoms with Crippen LogP contribution in [-0.2, 0) is 4.74 Å². The van der Waals surface area contributed by atoms with Gasteiger partial charge in [0.1, 0.15) is 15.7 Å². The van der Waals surface area contributed by atoms with Gasteiger partial charge < -0.3 is 9.64 Å². The van der Waals surface area contributed by atoms with Gasteiger partial charge in [-0.1, -0.05) is 41.7 Å². The van der Waals surface area contributed by atoms with E-state index >= 15 is 0 Å². The van der Waals surface area contributed by atoms with Crippen molar-refractivity contribution < 1.29 is 9.53 Å². The topological polar surface area (TPSA) is 42.4 Å². The van der Waals surface area contributed by atoms with Gasteiger partial charge in [0.2, 0.25) is 0 Å². The van der Waals surface area contributed by atoms with E-state index in [-0.39, 0.29) is 0 Å². The number of morpholine rings is 1. The minimum absolute atomic E-state index is 0.533. The van der Waals surface area contributed by atoms with Gasteiger partial charge in [0.15, 0.2) is 6.29 Å². The van der Waals surface area contributed by atoms with E-state index in [0.29, 0.717) is 18.9 Å². The van der Waals surface area contributed by atoms with Crippen LogP contribution in [0.1, 0.15) is 10.5 Å². The third-order valence-corrected chi connectivity index (χ3v) is 4.25. The summed E-state index contributed by atoms with van der Waals surface area (Å²) in [5.41, 5.74) is 1.58. The molecule has 98 valence electrons. The Morgan fingerprint density at radius 3 is 2.63 bits per heavy atom. The Labute approximate surface area is 115 Å². The molecule has 0 aliphatic carbocycles. The van der Waals surface area contributed by atoms with E-state index in [1.54, 1.807) is 11.3 Å².